The molecule has 4 aromatic rings. The van der Waals surface area contributed by atoms with Gasteiger partial charge in [-0.3, -0.25) is 19.2 Å². The Kier molecular flexibility index (Phi) is 5.12. The minimum Gasteiger partial charge on any atom is -0.378 e. The number of nitrogens with zero attached hydrogens (tertiary/aromatic N) is 1. The highest BCUT2D eigenvalue weighted by Gasteiger charge is 2.79. The van der Waals surface area contributed by atoms with Gasteiger partial charge in [-0.25, -0.2) is 0 Å². The fourth-order valence-corrected chi connectivity index (χ4v) is 6.92. The molecule has 2 aliphatic carbocycles. The molecule has 196 valence electrons. The largest absolute Gasteiger partial charge is 0.378 e. The van der Waals surface area contributed by atoms with Crippen LogP contribution >= 0.6 is 0 Å². The van der Waals surface area contributed by atoms with Crippen molar-refractivity contribution < 1.29 is 23.9 Å². The van der Waals surface area contributed by atoms with Crippen molar-refractivity contribution in [2.24, 2.45) is 5.41 Å². The van der Waals surface area contributed by atoms with E-state index in [9.17, 15) is 19.2 Å². The van der Waals surface area contributed by atoms with Crippen LogP contribution in [0.1, 0.15) is 64.6 Å². The molecule has 0 saturated carbocycles. The third-order valence-electron chi connectivity index (χ3n) is 8.68. The molecule has 2 atom stereocenters. The van der Waals surface area contributed by atoms with E-state index in [1.54, 1.807) is 84.9 Å². The zero-order chi connectivity index (χ0) is 27.8. The van der Waals surface area contributed by atoms with Crippen molar-refractivity contribution in [2.75, 3.05) is 19.0 Å². The summed E-state index contributed by atoms with van der Waals surface area (Å²) >= 11 is 0. The minimum absolute atomic E-state index is 0.238. The number of hydrogen-bond donors (Lipinski definition) is 0. The van der Waals surface area contributed by atoms with Crippen molar-refractivity contribution in [1.29, 1.82) is 0 Å². The number of carbonyl (C=O) groups excluding carboxylic acids is 4. The Bertz CT molecular complexity index is 1670. The molecule has 0 bridgehead atoms. The van der Waals surface area contributed by atoms with Crippen molar-refractivity contribution in [2.45, 2.75) is 17.6 Å². The molecular formula is C34H25NO5. The van der Waals surface area contributed by atoms with Crippen LogP contribution in [0.15, 0.2) is 103 Å². The van der Waals surface area contributed by atoms with E-state index in [4.69, 9.17) is 4.74 Å². The fourth-order valence-electron chi connectivity index (χ4n) is 6.92. The molecule has 6 nitrogen and oxygen atoms in total. The molecule has 6 heteroatoms. The maximum absolute atomic E-state index is 14.7. The maximum atomic E-state index is 14.7. The lowest BCUT2D eigenvalue weighted by Crippen LogP contribution is -2.51. The first-order chi connectivity index (χ1) is 19.3. The lowest BCUT2D eigenvalue weighted by atomic mass is 9.60. The summed E-state index contributed by atoms with van der Waals surface area (Å²) in [5, 5.41) is 0. The summed E-state index contributed by atoms with van der Waals surface area (Å²) in [6, 6.07) is 29.6. The Labute approximate surface area is 231 Å². The van der Waals surface area contributed by atoms with E-state index >= 15 is 0 Å². The molecule has 1 aliphatic heterocycles. The molecule has 0 radical (unpaired) electrons. The lowest BCUT2D eigenvalue weighted by Gasteiger charge is -2.35. The van der Waals surface area contributed by atoms with Crippen molar-refractivity contribution in [1.82, 2.24) is 0 Å². The molecule has 0 N–H and O–H groups in total. The van der Waals surface area contributed by atoms with E-state index in [1.165, 1.54) is 0 Å². The third-order valence-corrected chi connectivity index (χ3v) is 8.68. The summed E-state index contributed by atoms with van der Waals surface area (Å²) in [5.74, 6) is -3.11. The first-order valence-corrected chi connectivity index (χ1v) is 13.2. The Morgan fingerprint density at radius 1 is 0.550 bits per heavy atom. The smallest absolute Gasteiger partial charge is 0.204 e. The zero-order valence-electron chi connectivity index (χ0n) is 22.0. The molecule has 0 unspecified atom stereocenters. The average Bonchev–Trinajstić information content (AvgIpc) is 3.52. The van der Waals surface area contributed by atoms with Gasteiger partial charge in [-0.15, -0.1) is 0 Å². The Hall–Kier alpha value is -4.68. The van der Waals surface area contributed by atoms with E-state index in [-0.39, 0.29) is 22.3 Å². The van der Waals surface area contributed by atoms with Crippen LogP contribution in [0, 0.1) is 5.41 Å². The maximum Gasteiger partial charge on any atom is 0.204 e. The Morgan fingerprint density at radius 3 is 1.48 bits per heavy atom. The van der Waals surface area contributed by atoms with Gasteiger partial charge in [0.05, 0.1) is 5.92 Å². The van der Waals surface area contributed by atoms with E-state index in [1.807, 2.05) is 37.2 Å². The molecule has 40 heavy (non-hydrogen) atoms. The first kappa shape index (κ1) is 24.4. The van der Waals surface area contributed by atoms with Gasteiger partial charge in [0, 0.05) is 42.0 Å². The number of ether oxygens (including phenoxy) is 1. The fraction of sp³-hybridized carbons (Fsp3) is 0.176. The van der Waals surface area contributed by atoms with Crippen molar-refractivity contribution in [3.05, 3.63) is 137 Å². The summed E-state index contributed by atoms with van der Waals surface area (Å²) in [5.41, 5.74) is -0.949. The molecule has 1 fully saturated rings. The quantitative estimate of drug-likeness (QED) is 0.328. The average molecular weight is 528 g/mol. The molecule has 2 spiro atoms. The Balaban J connectivity index is 1.57. The minimum atomic E-state index is -2.09. The highest BCUT2D eigenvalue weighted by Crippen LogP contribution is 2.67. The molecule has 3 aliphatic rings. The number of Topliss-reactive ketones (excluding diaryl/α,β-unsaturated/α-hetero) is 4. The van der Waals surface area contributed by atoms with Crippen LogP contribution in [0.2, 0.25) is 0 Å². The summed E-state index contributed by atoms with van der Waals surface area (Å²) in [4.78, 5) is 60.1. The molecule has 0 aromatic heterocycles. The van der Waals surface area contributed by atoms with E-state index in [2.05, 4.69) is 0 Å². The number of carbonyl (C=O) groups is 4. The van der Waals surface area contributed by atoms with E-state index in [0.717, 1.165) is 5.69 Å². The molecule has 1 heterocycles. The standard InChI is InChI=1S/C34H25NO5/c1-35(2)22-18-16-20(17-19-22)27-33(28(36)23-12-6-7-13-24(23)29(33)37)32(21-10-4-3-5-11-21)40-34(27)30(38)25-14-8-9-15-26(25)31(34)39/h3-19,27,32H,1-2H3/t27-,32-/m0/s1. The van der Waals surface area contributed by atoms with Gasteiger partial charge in [-0.1, -0.05) is 91.0 Å². The van der Waals surface area contributed by atoms with Crippen LogP contribution in [0.3, 0.4) is 0 Å². The van der Waals surface area contributed by atoms with Gasteiger partial charge >= 0.3 is 0 Å². The number of ketones is 4. The molecular weight excluding hydrogens is 502 g/mol. The highest BCUT2D eigenvalue weighted by molar-refractivity contribution is 6.37. The summed E-state index contributed by atoms with van der Waals surface area (Å²) in [7, 11) is 3.81. The van der Waals surface area contributed by atoms with Crippen molar-refractivity contribution in [3.8, 4) is 0 Å². The second-order valence-corrected chi connectivity index (χ2v) is 10.8. The van der Waals surface area contributed by atoms with Crippen LogP contribution in [0.25, 0.3) is 0 Å². The monoisotopic (exact) mass is 527 g/mol. The van der Waals surface area contributed by atoms with Crippen LogP contribution in [-0.4, -0.2) is 42.8 Å². The van der Waals surface area contributed by atoms with Gasteiger partial charge in [0.1, 0.15) is 11.5 Å². The summed E-state index contributed by atoms with van der Waals surface area (Å²) < 4.78 is 6.71. The molecule has 1 saturated heterocycles. The number of anilines is 1. The third kappa shape index (κ3) is 2.86. The van der Waals surface area contributed by atoms with Crippen LogP contribution in [0.4, 0.5) is 5.69 Å². The second-order valence-electron chi connectivity index (χ2n) is 10.8. The number of fused-ring (bicyclic) bond motifs is 2. The Morgan fingerprint density at radius 2 is 1.00 bits per heavy atom. The molecule has 0 amide bonds. The topological polar surface area (TPSA) is 80.8 Å². The zero-order valence-corrected chi connectivity index (χ0v) is 22.0. The van der Waals surface area contributed by atoms with Gasteiger partial charge in [0.25, 0.3) is 0 Å². The van der Waals surface area contributed by atoms with Gasteiger partial charge in [-0.05, 0) is 23.3 Å². The predicted octanol–water partition coefficient (Wildman–Crippen LogP) is 5.49. The normalized spacial score (nSPS) is 21.8. The SMILES string of the molecule is CN(C)c1ccc([C@@H]2C3(O[C@@H](c4ccccc4)C24C(=O)c2ccccc2C4=O)C(=O)c2ccccc2C3=O)cc1. The first-order valence-electron chi connectivity index (χ1n) is 13.2. The number of rotatable bonds is 3. The summed E-state index contributed by atoms with van der Waals surface area (Å²) in [6.07, 6.45) is -1.16. The van der Waals surface area contributed by atoms with Gasteiger partial charge in [0.15, 0.2) is 11.6 Å². The van der Waals surface area contributed by atoms with Crippen molar-refractivity contribution >= 4 is 28.8 Å². The predicted molar refractivity (Wildman–Crippen MR) is 149 cm³/mol. The highest BCUT2D eigenvalue weighted by atomic mass is 16.5. The second kappa shape index (κ2) is 8.41. The van der Waals surface area contributed by atoms with Crippen LogP contribution in [0.5, 0.6) is 0 Å². The van der Waals surface area contributed by atoms with Gasteiger partial charge in [0.2, 0.25) is 17.2 Å². The van der Waals surface area contributed by atoms with E-state index < -0.39 is 46.2 Å². The van der Waals surface area contributed by atoms with Crippen molar-refractivity contribution in [3.63, 3.8) is 0 Å². The number of benzene rings is 4. The van der Waals surface area contributed by atoms with E-state index in [0.29, 0.717) is 11.1 Å². The molecule has 4 aromatic carbocycles. The van der Waals surface area contributed by atoms with Crippen LogP contribution in [-0.2, 0) is 4.74 Å². The number of hydrogen-bond acceptors (Lipinski definition) is 6. The van der Waals surface area contributed by atoms with Crippen LogP contribution < -0.4 is 4.90 Å². The lowest BCUT2D eigenvalue weighted by molar-refractivity contribution is -0.0210. The summed E-state index contributed by atoms with van der Waals surface area (Å²) in [6.45, 7) is 0. The van der Waals surface area contributed by atoms with Gasteiger partial charge < -0.3 is 9.64 Å². The molecule has 7 rings (SSSR count). The van der Waals surface area contributed by atoms with Gasteiger partial charge in [-0.2, -0.15) is 0 Å².